The third-order valence-corrected chi connectivity index (χ3v) is 2.12. The smallest absolute Gasteiger partial charge is 0.0382 e. The number of rotatable bonds is 1. The zero-order chi connectivity index (χ0) is 9.97. The SMILES string of the molecule is Cc1cc(-c2c[c]ccc2)cc(C)n1. The zero-order valence-electron chi connectivity index (χ0n) is 8.41. The van der Waals surface area contributed by atoms with Gasteiger partial charge in [-0.1, -0.05) is 18.2 Å². The van der Waals surface area contributed by atoms with E-state index < -0.39 is 0 Å². The Morgan fingerprint density at radius 3 is 2.36 bits per heavy atom. The molecule has 0 saturated heterocycles. The summed E-state index contributed by atoms with van der Waals surface area (Å²) in [5.41, 5.74) is 4.53. The fraction of sp³-hybridized carbons (Fsp3) is 0.154. The van der Waals surface area contributed by atoms with E-state index in [4.69, 9.17) is 0 Å². The van der Waals surface area contributed by atoms with E-state index in [1.807, 2.05) is 32.0 Å². The van der Waals surface area contributed by atoms with Crippen LogP contribution in [0.1, 0.15) is 11.4 Å². The molecule has 1 heterocycles. The summed E-state index contributed by atoms with van der Waals surface area (Å²) in [5.74, 6) is 0. The molecule has 1 aromatic heterocycles. The van der Waals surface area contributed by atoms with Gasteiger partial charge in [-0.2, -0.15) is 0 Å². The van der Waals surface area contributed by atoms with Crippen LogP contribution in [0.25, 0.3) is 11.1 Å². The Labute approximate surface area is 84.4 Å². The average Bonchev–Trinajstić information content (AvgIpc) is 2.18. The molecule has 14 heavy (non-hydrogen) atoms. The maximum Gasteiger partial charge on any atom is 0.0382 e. The van der Waals surface area contributed by atoms with Crippen LogP contribution in [0.15, 0.2) is 36.4 Å². The minimum atomic E-state index is 1.06. The second-order valence-electron chi connectivity index (χ2n) is 3.43. The van der Waals surface area contributed by atoms with Crippen LogP contribution in [0, 0.1) is 19.9 Å². The van der Waals surface area contributed by atoms with Gasteiger partial charge in [0.15, 0.2) is 0 Å². The lowest BCUT2D eigenvalue weighted by Crippen LogP contribution is -1.87. The van der Waals surface area contributed by atoms with Crippen molar-refractivity contribution in [1.82, 2.24) is 4.98 Å². The molecule has 0 atom stereocenters. The zero-order valence-corrected chi connectivity index (χ0v) is 8.41. The molecule has 0 aliphatic heterocycles. The van der Waals surface area contributed by atoms with Crippen LogP contribution in [0.3, 0.4) is 0 Å². The van der Waals surface area contributed by atoms with Crippen molar-refractivity contribution in [2.75, 3.05) is 0 Å². The van der Waals surface area contributed by atoms with Crippen LogP contribution in [-0.2, 0) is 0 Å². The fourth-order valence-electron chi connectivity index (χ4n) is 1.57. The number of hydrogen-bond acceptors (Lipinski definition) is 1. The Hall–Kier alpha value is -1.63. The van der Waals surface area contributed by atoms with Crippen molar-refractivity contribution in [3.63, 3.8) is 0 Å². The van der Waals surface area contributed by atoms with E-state index in [0.717, 1.165) is 11.4 Å². The molecule has 0 amide bonds. The second kappa shape index (κ2) is 3.62. The van der Waals surface area contributed by atoms with Crippen molar-refractivity contribution in [3.8, 4) is 11.1 Å². The van der Waals surface area contributed by atoms with Gasteiger partial charge in [0, 0.05) is 11.4 Å². The topological polar surface area (TPSA) is 12.9 Å². The average molecular weight is 182 g/mol. The lowest BCUT2D eigenvalue weighted by atomic mass is 10.1. The summed E-state index contributed by atoms with van der Waals surface area (Å²) in [7, 11) is 0. The largest absolute Gasteiger partial charge is 0.258 e. The molecule has 0 aliphatic rings. The first-order chi connectivity index (χ1) is 6.75. The minimum Gasteiger partial charge on any atom is -0.258 e. The van der Waals surface area contributed by atoms with Crippen molar-refractivity contribution >= 4 is 0 Å². The highest BCUT2D eigenvalue weighted by Gasteiger charge is 1.98. The fourth-order valence-corrected chi connectivity index (χ4v) is 1.57. The first-order valence-electron chi connectivity index (χ1n) is 4.67. The number of hydrogen-bond donors (Lipinski definition) is 0. The van der Waals surface area contributed by atoms with Gasteiger partial charge in [-0.15, -0.1) is 0 Å². The van der Waals surface area contributed by atoms with Gasteiger partial charge in [-0.25, -0.2) is 0 Å². The predicted octanol–water partition coefficient (Wildman–Crippen LogP) is 3.17. The van der Waals surface area contributed by atoms with Gasteiger partial charge < -0.3 is 0 Å². The van der Waals surface area contributed by atoms with E-state index in [2.05, 4.69) is 29.2 Å². The van der Waals surface area contributed by atoms with Crippen LogP contribution >= 0.6 is 0 Å². The first-order valence-corrected chi connectivity index (χ1v) is 4.67. The normalized spacial score (nSPS) is 10.1. The molecule has 2 aromatic rings. The van der Waals surface area contributed by atoms with E-state index >= 15 is 0 Å². The van der Waals surface area contributed by atoms with Crippen molar-refractivity contribution in [2.24, 2.45) is 0 Å². The van der Waals surface area contributed by atoms with Crippen LogP contribution in [0.2, 0.25) is 0 Å². The molecule has 1 heteroatoms. The van der Waals surface area contributed by atoms with Crippen LogP contribution in [-0.4, -0.2) is 4.98 Å². The third kappa shape index (κ3) is 1.82. The quantitative estimate of drug-likeness (QED) is 0.660. The summed E-state index contributed by atoms with van der Waals surface area (Å²) in [6, 6.07) is 15.3. The van der Waals surface area contributed by atoms with Crippen molar-refractivity contribution in [2.45, 2.75) is 13.8 Å². The summed E-state index contributed by atoms with van der Waals surface area (Å²) >= 11 is 0. The Kier molecular flexibility index (Phi) is 2.32. The molecule has 0 N–H and O–H groups in total. The number of pyridine rings is 1. The molecule has 2 rings (SSSR count). The van der Waals surface area contributed by atoms with Gasteiger partial charge in [-0.05, 0) is 49.2 Å². The first kappa shape index (κ1) is 8.95. The minimum absolute atomic E-state index is 1.06. The van der Waals surface area contributed by atoms with Gasteiger partial charge in [0.2, 0.25) is 0 Å². The molecule has 0 aliphatic carbocycles. The monoisotopic (exact) mass is 182 g/mol. The molecule has 69 valence electrons. The molecular formula is C13H12N. The van der Waals surface area contributed by atoms with Crippen molar-refractivity contribution in [1.29, 1.82) is 0 Å². The van der Waals surface area contributed by atoms with E-state index in [0.29, 0.717) is 0 Å². The van der Waals surface area contributed by atoms with Crippen molar-refractivity contribution < 1.29 is 0 Å². The molecule has 0 spiro atoms. The Bertz CT molecular complexity index is 412. The highest BCUT2D eigenvalue weighted by atomic mass is 14.7. The predicted molar refractivity (Wildman–Crippen MR) is 58.0 cm³/mol. The Morgan fingerprint density at radius 1 is 1.07 bits per heavy atom. The highest BCUT2D eigenvalue weighted by molar-refractivity contribution is 5.63. The van der Waals surface area contributed by atoms with Crippen LogP contribution in [0.4, 0.5) is 0 Å². The lowest BCUT2D eigenvalue weighted by Gasteiger charge is -2.03. The molecule has 0 unspecified atom stereocenters. The van der Waals surface area contributed by atoms with E-state index in [1.54, 1.807) is 0 Å². The molecule has 1 aromatic carbocycles. The number of nitrogens with zero attached hydrogens (tertiary/aromatic N) is 1. The van der Waals surface area contributed by atoms with E-state index in [-0.39, 0.29) is 0 Å². The van der Waals surface area contributed by atoms with Gasteiger partial charge in [0.05, 0.1) is 0 Å². The highest BCUT2D eigenvalue weighted by Crippen LogP contribution is 2.19. The number of aryl methyl sites for hydroxylation is 2. The Balaban J connectivity index is 2.52. The number of aromatic nitrogens is 1. The maximum atomic E-state index is 4.35. The van der Waals surface area contributed by atoms with Gasteiger partial charge in [0.25, 0.3) is 0 Å². The summed E-state index contributed by atoms with van der Waals surface area (Å²) in [6.45, 7) is 4.03. The van der Waals surface area contributed by atoms with E-state index in [1.165, 1.54) is 11.1 Å². The molecule has 0 fully saturated rings. The third-order valence-electron chi connectivity index (χ3n) is 2.12. The van der Waals surface area contributed by atoms with Gasteiger partial charge in [-0.3, -0.25) is 4.98 Å². The van der Waals surface area contributed by atoms with Crippen molar-refractivity contribution in [3.05, 3.63) is 53.9 Å². The molecular weight excluding hydrogens is 170 g/mol. The second-order valence-corrected chi connectivity index (χ2v) is 3.43. The summed E-state index contributed by atoms with van der Waals surface area (Å²) in [4.78, 5) is 4.35. The lowest BCUT2D eigenvalue weighted by molar-refractivity contribution is 1.12. The maximum absolute atomic E-state index is 4.35. The van der Waals surface area contributed by atoms with Crippen LogP contribution < -0.4 is 0 Å². The molecule has 1 nitrogen and oxygen atoms in total. The van der Waals surface area contributed by atoms with Gasteiger partial charge in [0.1, 0.15) is 0 Å². The summed E-state index contributed by atoms with van der Waals surface area (Å²) < 4.78 is 0. The summed E-state index contributed by atoms with van der Waals surface area (Å²) in [5, 5.41) is 0. The molecule has 1 radical (unpaired) electrons. The standard InChI is InChI=1S/C13H12N/c1-10-8-13(9-11(2)14-10)12-6-4-3-5-7-12/h3-4,6-9H,1-2H3. The Morgan fingerprint density at radius 2 is 1.79 bits per heavy atom. The number of benzene rings is 1. The summed E-state index contributed by atoms with van der Waals surface area (Å²) in [6.07, 6.45) is 0. The van der Waals surface area contributed by atoms with Gasteiger partial charge >= 0.3 is 0 Å². The van der Waals surface area contributed by atoms with Crippen LogP contribution in [0.5, 0.6) is 0 Å². The molecule has 0 saturated carbocycles. The molecule has 0 bridgehead atoms. The van der Waals surface area contributed by atoms with E-state index in [9.17, 15) is 0 Å².